The fraction of sp³-hybridized carbons (Fsp3) is 0.0952. The Labute approximate surface area is 146 Å². The number of benzene rings is 2. The lowest BCUT2D eigenvalue weighted by molar-refractivity contribution is 0.837. The van der Waals surface area contributed by atoms with E-state index in [-0.39, 0.29) is 0 Å². The Balaban J connectivity index is 1.81. The Morgan fingerprint density at radius 2 is 1.71 bits per heavy atom. The number of fused-ring (bicyclic) bond motifs is 1. The Morgan fingerprint density at radius 3 is 2.46 bits per heavy atom. The van der Waals surface area contributed by atoms with Crippen molar-refractivity contribution in [1.82, 2.24) is 9.55 Å². The maximum atomic E-state index is 4.53. The molecule has 0 fully saturated rings. The van der Waals surface area contributed by atoms with E-state index < -0.39 is 0 Å². The summed E-state index contributed by atoms with van der Waals surface area (Å²) in [6, 6.07) is 23.4. The largest absolute Gasteiger partial charge is 0.342 e. The maximum absolute atomic E-state index is 4.53. The Kier molecular flexibility index (Phi) is 4.09. The molecule has 24 heavy (non-hydrogen) atoms. The van der Waals surface area contributed by atoms with Crippen LogP contribution in [0.3, 0.4) is 0 Å². The molecule has 0 amide bonds. The fourth-order valence-electron chi connectivity index (χ4n) is 3.05. The predicted octanol–water partition coefficient (Wildman–Crippen LogP) is 5.47. The summed E-state index contributed by atoms with van der Waals surface area (Å²) in [7, 11) is 0. The molecule has 0 aliphatic heterocycles. The molecule has 0 bridgehead atoms. The zero-order chi connectivity index (χ0) is 16.4. The van der Waals surface area contributed by atoms with Gasteiger partial charge in [0, 0.05) is 41.0 Å². The average Bonchev–Trinajstić information content (AvgIpc) is 3.01. The van der Waals surface area contributed by atoms with Crippen molar-refractivity contribution in [3.8, 4) is 11.1 Å². The van der Waals surface area contributed by atoms with E-state index in [1.165, 1.54) is 22.0 Å². The van der Waals surface area contributed by atoms with Gasteiger partial charge >= 0.3 is 0 Å². The normalized spacial score (nSPS) is 11.0. The molecule has 0 saturated heterocycles. The second-order valence-corrected chi connectivity index (χ2v) is 6.59. The van der Waals surface area contributed by atoms with Gasteiger partial charge in [0.1, 0.15) is 0 Å². The van der Waals surface area contributed by atoms with Crippen LogP contribution in [-0.2, 0) is 6.54 Å². The molecule has 0 N–H and O–H groups in total. The lowest BCUT2D eigenvalue weighted by Gasteiger charge is -2.05. The molecule has 4 aromatic rings. The second kappa shape index (κ2) is 6.54. The maximum Gasteiger partial charge on any atom is 0.0957 e. The van der Waals surface area contributed by atoms with Crippen molar-refractivity contribution in [2.24, 2.45) is 0 Å². The smallest absolute Gasteiger partial charge is 0.0957 e. The molecule has 0 radical (unpaired) electrons. The molecule has 0 aliphatic rings. The minimum atomic E-state index is 0.873. The number of nitrogens with zero attached hydrogens (tertiary/aromatic N) is 2. The molecule has 0 atom stereocenters. The summed E-state index contributed by atoms with van der Waals surface area (Å²) in [5.41, 5.74) is 4.96. The summed E-state index contributed by atoms with van der Waals surface area (Å²) in [5.74, 6) is 0. The van der Waals surface area contributed by atoms with E-state index in [0.717, 1.165) is 17.1 Å². The van der Waals surface area contributed by atoms with E-state index in [1.807, 2.05) is 12.5 Å². The number of rotatable bonds is 4. The van der Waals surface area contributed by atoms with Crippen LogP contribution in [0.25, 0.3) is 22.0 Å². The van der Waals surface area contributed by atoms with E-state index >= 15 is 0 Å². The first kappa shape index (κ1) is 15.0. The van der Waals surface area contributed by atoms with Gasteiger partial charge in [0.05, 0.1) is 5.03 Å². The van der Waals surface area contributed by atoms with Crippen LogP contribution in [0.2, 0.25) is 0 Å². The SMILES string of the molecule is CSc1ccc(-c2cn(Cc3ccccc3)c3ccccc23)cn1. The number of thioether (sulfide) groups is 1. The molecule has 2 aromatic heterocycles. The number of hydrogen-bond acceptors (Lipinski definition) is 2. The first-order valence-electron chi connectivity index (χ1n) is 7.97. The van der Waals surface area contributed by atoms with E-state index in [9.17, 15) is 0 Å². The zero-order valence-corrected chi connectivity index (χ0v) is 14.3. The fourth-order valence-corrected chi connectivity index (χ4v) is 3.41. The lowest BCUT2D eigenvalue weighted by Crippen LogP contribution is -1.97. The minimum Gasteiger partial charge on any atom is -0.342 e. The number of pyridine rings is 1. The van der Waals surface area contributed by atoms with Gasteiger partial charge in [-0.05, 0) is 24.0 Å². The van der Waals surface area contributed by atoms with Crippen LogP contribution < -0.4 is 0 Å². The van der Waals surface area contributed by atoms with E-state index in [1.54, 1.807) is 11.8 Å². The van der Waals surface area contributed by atoms with Crippen LogP contribution in [0.1, 0.15) is 5.56 Å². The average molecular weight is 330 g/mol. The van der Waals surface area contributed by atoms with E-state index in [4.69, 9.17) is 0 Å². The molecule has 118 valence electrons. The van der Waals surface area contributed by atoms with E-state index in [0.29, 0.717) is 0 Å². The van der Waals surface area contributed by atoms with Gasteiger partial charge in [0.15, 0.2) is 0 Å². The van der Waals surface area contributed by atoms with E-state index in [2.05, 4.69) is 82.5 Å². The highest BCUT2D eigenvalue weighted by Gasteiger charge is 2.10. The molecule has 0 spiro atoms. The van der Waals surface area contributed by atoms with Crippen LogP contribution in [0, 0.1) is 0 Å². The number of aromatic nitrogens is 2. The molecule has 3 heteroatoms. The van der Waals surface area contributed by atoms with Crippen LogP contribution in [0.15, 0.2) is 84.1 Å². The van der Waals surface area contributed by atoms with Crippen molar-refractivity contribution in [1.29, 1.82) is 0 Å². The molecular weight excluding hydrogens is 312 g/mol. The van der Waals surface area contributed by atoms with Gasteiger partial charge in [-0.1, -0.05) is 54.6 Å². The lowest BCUT2D eigenvalue weighted by atomic mass is 10.1. The third-order valence-corrected chi connectivity index (χ3v) is 4.90. The minimum absolute atomic E-state index is 0.873. The highest BCUT2D eigenvalue weighted by molar-refractivity contribution is 7.98. The van der Waals surface area contributed by atoms with Crippen molar-refractivity contribution in [3.63, 3.8) is 0 Å². The van der Waals surface area contributed by atoms with Crippen molar-refractivity contribution < 1.29 is 0 Å². The summed E-state index contributed by atoms with van der Waals surface area (Å²) in [5, 5.41) is 2.32. The van der Waals surface area contributed by atoms with Crippen molar-refractivity contribution in [2.45, 2.75) is 11.6 Å². The van der Waals surface area contributed by atoms with Crippen LogP contribution >= 0.6 is 11.8 Å². The molecule has 0 saturated carbocycles. The molecule has 2 heterocycles. The Hall–Kier alpha value is -2.52. The monoisotopic (exact) mass is 330 g/mol. The van der Waals surface area contributed by atoms with Crippen LogP contribution in [0.4, 0.5) is 0 Å². The standard InChI is InChI=1S/C21H18N2S/c1-24-21-12-11-17(13-22-21)19-15-23(14-16-7-3-2-4-8-16)20-10-6-5-9-18(19)20/h2-13,15H,14H2,1H3. The molecule has 2 nitrogen and oxygen atoms in total. The third kappa shape index (κ3) is 2.83. The van der Waals surface area contributed by atoms with Crippen molar-refractivity contribution >= 4 is 22.7 Å². The van der Waals surface area contributed by atoms with Gasteiger partial charge < -0.3 is 4.57 Å². The number of para-hydroxylation sites is 1. The topological polar surface area (TPSA) is 17.8 Å². The molecule has 2 aromatic carbocycles. The first-order valence-corrected chi connectivity index (χ1v) is 9.20. The summed E-state index contributed by atoms with van der Waals surface area (Å²) in [4.78, 5) is 4.53. The summed E-state index contributed by atoms with van der Waals surface area (Å²) >= 11 is 1.67. The Bertz CT molecular complexity index is 956. The predicted molar refractivity (Wildman–Crippen MR) is 102 cm³/mol. The van der Waals surface area contributed by atoms with Crippen LogP contribution in [-0.4, -0.2) is 15.8 Å². The van der Waals surface area contributed by atoms with Gasteiger partial charge in [0.25, 0.3) is 0 Å². The molecular formula is C21H18N2S. The van der Waals surface area contributed by atoms with Crippen molar-refractivity contribution in [3.05, 3.63) is 84.7 Å². The van der Waals surface area contributed by atoms with Gasteiger partial charge in [-0.25, -0.2) is 4.98 Å². The van der Waals surface area contributed by atoms with Crippen molar-refractivity contribution in [2.75, 3.05) is 6.26 Å². The van der Waals surface area contributed by atoms with Crippen LogP contribution in [0.5, 0.6) is 0 Å². The molecule has 0 aliphatic carbocycles. The van der Waals surface area contributed by atoms with Gasteiger partial charge in [-0.15, -0.1) is 11.8 Å². The quantitative estimate of drug-likeness (QED) is 0.462. The van der Waals surface area contributed by atoms with Gasteiger partial charge in [-0.2, -0.15) is 0 Å². The summed E-state index contributed by atoms with van der Waals surface area (Å²) in [6.45, 7) is 0.873. The zero-order valence-electron chi connectivity index (χ0n) is 13.5. The number of hydrogen-bond donors (Lipinski definition) is 0. The third-order valence-electron chi connectivity index (χ3n) is 4.24. The highest BCUT2D eigenvalue weighted by atomic mass is 32.2. The first-order chi connectivity index (χ1) is 11.8. The molecule has 0 unspecified atom stereocenters. The second-order valence-electron chi connectivity index (χ2n) is 5.76. The molecule has 4 rings (SSSR count). The highest BCUT2D eigenvalue weighted by Crippen LogP contribution is 2.31. The summed E-state index contributed by atoms with van der Waals surface area (Å²) < 4.78 is 2.32. The van der Waals surface area contributed by atoms with Gasteiger partial charge in [-0.3, -0.25) is 0 Å². The van der Waals surface area contributed by atoms with Gasteiger partial charge in [0.2, 0.25) is 0 Å². The Morgan fingerprint density at radius 1 is 0.917 bits per heavy atom. The summed E-state index contributed by atoms with van der Waals surface area (Å²) in [6.07, 6.45) is 6.27.